The van der Waals surface area contributed by atoms with E-state index in [1.165, 1.54) is 186 Å². The molecule has 0 saturated carbocycles. The molecule has 110 heavy (non-hydrogen) atoms. The van der Waals surface area contributed by atoms with E-state index in [4.69, 9.17) is 0 Å². The van der Waals surface area contributed by atoms with E-state index in [1.807, 2.05) is 96.9 Å². The third-order valence-electron chi connectivity index (χ3n) is 19.2. The summed E-state index contributed by atoms with van der Waals surface area (Å²) in [5.41, 5.74) is 19.0. The van der Waals surface area contributed by atoms with E-state index < -0.39 is 0 Å². The second kappa shape index (κ2) is 48.0. The van der Waals surface area contributed by atoms with Crippen LogP contribution in [0, 0.1) is 96.9 Å². The third-order valence-corrected chi connectivity index (χ3v) is 19.2. The minimum atomic E-state index is 1.32. The van der Waals surface area contributed by atoms with Gasteiger partial charge in [0.15, 0.2) is 0 Å². The fourth-order valence-corrected chi connectivity index (χ4v) is 13.6. The van der Waals surface area contributed by atoms with Gasteiger partial charge in [-0.1, -0.05) is 363 Å². The summed E-state index contributed by atoms with van der Waals surface area (Å²) in [4.78, 5) is 0. The van der Waals surface area contributed by atoms with Crippen LogP contribution in [0.2, 0.25) is 0 Å². The Bertz CT molecular complexity index is 5400. The van der Waals surface area contributed by atoms with Crippen molar-refractivity contribution < 1.29 is 0 Å². The van der Waals surface area contributed by atoms with Crippen LogP contribution < -0.4 is 0 Å². The molecular weight excluding hydrogens is 1320 g/mol. The van der Waals surface area contributed by atoms with Gasteiger partial charge in [0.2, 0.25) is 0 Å². The number of rotatable bonds is 0. The molecule has 0 spiro atoms. The summed E-state index contributed by atoms with van der Waals surface area (Å²) in [5, 5.41) is 26.9. The smallest absolute Gasteiger partial charge is 0.0125 e. The van der Waals surface area contributed by atoms with Crippen LogP contribution in [-0.4, -0.2) is 0 Å². The summed E-state index contributed by atoms with van der Waals surface area (Å²) in [6.45, 7) is 58.3. The van der Waals surface area contributed by atoms with Crippen molar-refractivity contribution in [2.24, 2.45) is 0 Å². The van der Waals surface area contributed by atoms with Gasteiger partial charge in [-0.15, -0.1) is 0 Å². The maximum absolute atomic E-state index is 2.30. The fraction of sp³-hybridized carbons (Fsp3) is 0.255. The molecule has 0 saturated heterocycles. The van der Waals surface area contributed by atoms with Crippen LogP contribution in [0.3, 0.4) is 0 Å². The van der Waals surface area contributed by atoms with Crippen molar-refractivity contribution in [3.8, 4) is 0 Å². The van der Waals surface area contributed by atoms with Crippen molar-refractivity contribution in [3.63, 3.8) is 0 Å². The molecule has 0 bridgehead atoms. The number of hydrogen-bond acceptors (Lipinski definition) is 0. The van der Waals surface area contributed by atoms with E-state index in [1.54, 1.807) is 0 Å². The maximum atomic E-state index is 2.30. The second-order valence-electron chi connectivity index (χ2n) is 26.5. The molecule has 572 valence electrons. The molecule has 0 aliphatic heterocycles. The van der Waals surface area contributed by atoms with Crippen molar-refractivity contribution in [1.82, 2.24) is 0 Å². The highest BCUT2D eigenvalue weighted by molar-refractivity contribution is 6.02. The highest BCUT2D eigenvalue weighted by Crippen LogP contribution is 2.31. The monoisotopic (exact) mass is 1450 g/mol. The average Bonchev–Trinajstić information content (AvgIpc) is 0.774. The molecule has 0 fully saturated rings. The Kier molecular flexibility index (Phi) is 40.0. The third kappa shape index (κ3) is 24.9. The quantitative estimate of drug-likeness (QED) is 0.133. The lowest BCUT2D eigenvalue weighted by molar-refractivity contribution is 1.37. The second-order valence-corrected chi connectivity index (χ2v) is 26.5. The molecule has 0 N–H and O–H groups in total. The number of benzene rings is 17. The summed E-state index contributed by atoms with van der Waals surface area (Å²) < 4.78 is 0. The van der Waals surface area contributed by atoms with Gasteiger partial charge in [-0.3, -0.25) is 0 Å². The van der Waals surface area contributed by atoms with Gasteiger partial charge in [0, 0.05) is 0 Å². The van der Waals surface area contributed by atoms with Crippen LogP contribution >= 0.6 is 0 Å². The molecule has 0 aliphatic carbocycles. The summed E-state index contributed by atoms with van der Waals surface area (Å²) >= 11 is 0. The molecule has 0 unspecified atom stereocenters. The first-order chi connectivity index (χ1) is 53.4. The molecule has 0 radical (unpaired) electrons. The average molecular weight is 1450 g/mol. The minimum absolute atomic E-state index is 1.32. The first-order valence-corrected chi connectivity index (χ1v) is 40.9. The van der Waals surface area contributed by atoms with E-state index in [9.17, 15) is 0 Å². The molecule has 0 atom stereocenters. The molecule has 0 heteroatoms. The molecule has 17 aromatic carbocycles. The maximum Gasteiger partial charge on any atom is -0.0125 e. The van der Waals surface area contributed by atoms with Gasteiger partial charge in [0.25, 0.3) is 0 Å². The van der Waals surface area contributed by atoms with Crippen molar-refractivity contribution in [3.05, 3.63) is 369 Å². The first kappa shape index (κ1) is 91.7. The van der Waals surface area contributed by atoms with Crippen molar-refractivity contribution in [1.29, 1.82) is 0 Å². The molecule has 0 nitrogen and oxygen atoms in total. The van der Waals surface area contributed by atoms with Gasteiger partial charge in [0.1, 0.15) is 0 Å². The summed E-state index contributed by atoms with van der Waals surface area (Å²) in [7, 11) is 0. The molecule has 0 heterocycles. The van der Waals surface area contributed by atoms with Crippen LogP contribution in [0.15, 0.2) is 291 Å². The fourth-order valence-electron chi connectivity index (χ4n) is 13.6. The predicted octanol–water partition coefficient (Wildman–Crippen LogP) is 34.8. The van der Waals surface area contributed by atoms with E-state index >= 15 is 0 Å². The lowest BCUT2D eigenvalue weighted by Crippen LogP contribution is -1.84. The lowest BCUT2D eigenvalue weighted by atomic mass is 9.97. The number of fused-ring (bicyclic) bond motifs is 10. The lowest BCUT2D eigenvalue weighted by Gasteiger charge is -2.07. The Hall–Kier alpha value is -10.7. The van der Waals surface area contributed by atoms with Crippen LogP contribution in [0.4, 0.5) is 0 Å². The van der Waals surface area contributed by atoms with Crippen LogP contribution in [0.5, 0.6) is 0 Å². The molecule has 0 amide bonds. The minimum Gasteiger partial charge on any atom is -0.0683 e. The van der Waals surface area contributed by atoms with E-state index in [-0.39, 0.29) is 0 Å². The highest BCUT2D eigenvalue weighted by Gasteiger charge is 2.06. The van der Waals surface area contributed by atoms with E-state index in [2.05, 4.69) is 388 Å². The summed E-state index contributed by atoms with van der Waals surface area (Å²) in [6, 6.07) is 104. The standard InChI is InChI=1S/3C16H14.4C12H12.7C2H6/c1-11-7-15-9-13-5-3-4-6-14(13)10-16(15)8-12(11)2;1-11-7-12(2)16-10-14-6-4-3-5-13(14)9-15(16)8-11;1-11-7-8-15-9-13-5-3-4-6-14(13)10-16(15)12(11)2;1-9-5-3-8-12-10(2)6-4-7-11(9)12;1-9-5-3-7-11-8-4-6-10(2)12(9)11;1-9-7-10(2)12-6-4-3-5-11(12)8-9;1-9-7-8-10(2)12-6-4-3-5-11(9)12;7*1-2/h3*3-10H,1-2H3;4*3-8H,1-2H3;7*1-2H3. The summed E-state index contributed by atoms with van der Waals surface area (Å²) in [6.07, 6.45) is 0. The van der Waals surface area contributed by atoms with Gasteiger partial charge in [-0.25, -0.2) is 0 Å². The molecular formula is C110H132. The topological polar surface area (TPSA) is 0 Å². The molecule has 0 aliphatic rings. The highest BCUT2D eigenvalue weighted by atomic mass is 14.1. The SMILES string of the molecule is CC.CC.CC.CC.CC.CC.CC.Cc1cc(C)c2cc3ccccc3cc2c1.Cc1cc(C)c2ccccc2c1.Cc1cc2cc3ccccc3cc2cc1C.Cc1ccc(C)c2ccccc12.Cc1ccc2cc3ccccc3cc2c1C.Cc1cccc2c(C)cccc12.Cc1cccc2cccc(C)c12. The van der Waals surface area contributed by atoms with E-state index in [0.717, 1.165) is 0 Å². The molecule has 0 aromatic heterocycles. The van der Waals surface area contributed by atoms with Gasteiger partial charge in [-0.2, -0.15) is 0 Å². The number of aryl methyl sites for hydroxylation is 14. The van der Waals surface area contributed by atoms with Gasteiger partial charge in [0.05, 0.1) is 0 Å². The van der Waals surface area contributed by atoms with Gasteiger partial charge < -0.3 is 0 Å². The zero-order chi connectivity index (χ0) is 81.6. The molecule has 17 rings (SSSR count). The van der Waals surface area contributed by atoms with Crippen LogP contribution in [-0.2, 0) is 0 Å². The largest absolute Gasteiger partial charge is 0.0683 e. The van der Waals surface area contributed by atoms with Gasteiger partial charge >= 0.3 is 0 Å². The Balaban J connectivity index is 0.000000264. The zero-order valence-corrected chi connectivity index (χ0v) is 72.7. The Labute approximate surface area is 666 Å². The normalized spacial score (nSPS) is 9.82. The van der Waals surface area contributed by atoms with Crippen LogP contribution in [0.25, 0.3) is 108 Å². The van der Waals surface area contributed by atoms with Crippen molar-refractivity contribution >= 4 is 108 Å². The van der Waals surface area contributed by atoms with Crippen molar-refractivity contribution in [2.45, 2.75) is 194 Å². The van der Waals surface area contributed by atoms with Gasteiger partial charge in [-0.05, 0) is 308 Å². The predicted molar refractivity (Wildman–Crippen MR) is 506 cm³/mol. The zero-order valence-electron chi connectivity index (χ0n) is 72.7. The summed E-state index contributed by atoms with van der Waals surface area (Å²) in [5.74, 6) is 0. The Morgan fingerprint density at radius 1 is 0.127 bits per heavy atom. The number of hydrogen-bond donors (Lipinski definition) is 0. The molecule has 17 aromatic rings. The Morgan fingerprint density at radius 3 is 0.791 bits per heavy atom. The van der Waals surface area contributed by atoms with E-state index in [0.29, 0.717) is 0 Å². The van der Waals surface area contributed by atoms with Crippen molar-refractivity contribution in [2.75, 3.05) is 0 Å². The Morgan fingerprint density at radius 2 is 0.391 bits per heavy atom. The van der Waals surface area contributed by atoms with Crippen LogP contribution in [0.1, 0.15) is 175 Å². The first-order valence-electron chi connectivity index (χ1n) is 40.9.